The predicted molar refractivity (Wildman–Crippen MR) is 58.0 cm³/mol. The van der Waals surface area contributed by atoms with Gasteiger partial charge < -0.3 is 5.73 Å². The van der Waals surface area contributed by atoms with Crippen molar-refractivity contribution in [2.75, 3.05) is 0 Å². The van der Waals surface area contributed by atoms with Gasteiger partial charge in [0.2, 0.25) is 0 Å². The molecular weight excluding hydrogens is 146 g/mol. The highest BCUT2D eigenvalue weighted by molar-refractivity contribution is 4.95. The fraction of sp³-hybridized carbons (Fsp3) is 0.636. The summed E-state index contributed by atoms with van der Waals surface area (Å²) in [5.41, 5.74) is 6.08. The van der Waals surface area contributed by atoms with E-state index in [1.807, 2.05) is 13.8 Å². The fourth-order valence-corrected chi connectivity index (χ4v) is 1.05. The van der Waals surface area contributed by atoms with Crippen molar-refractivity contribution in [2.45, 2.75) is 46.0 Å². The Kier molecular flexibility index (Phi) is 14.9. The molecule has 1 nitrogen and oxygen atoms in total. The Morgan fingerprint density at radius 2 is 1.50 bits per heavy atom. The summed E-state index contributed by atoms with van der Waals surface area (Å²) < 4.78 is 0. The first-order chi connectivity index (χ1) is 5.81. The highest BCUT2D eigenvalue weighted by Gasteiger charge is 2.00. The summed E-state index contributed by atoms with van der Waals surface area (Å²) in [6, 6.07) is 0. The highest BCUT2D eigenvalue weighted by Crippen LogP contribution is 2.20. The van der Waals surface area contributed by atoms with E-state index >= 15 is 0 Å². The fourth-order valence-electron chi connectivity index (χ4n) is 1.05. The Balaban J connectivity index is 0. The van der Waals surface area contributed by atoms with Crippen LogP contribution in [-0.2, 0) is 0 Å². The molecular formula is C11H23N. The molecule has 1 heteroatoms. The number of nitrogens with two attached hydrogens (primary N) is 1. The lowest BCUT2D eigenvalue weighted by molar-refractivity contribution is 0.601. The largest absolute Gasteiger partial charge is 0.405 e. The van der Waals surface area contributed by atoms with Crippen molar-refractivity contribution < 1.29 is 0 Å². The minimum Gasteiger partial charge on any atom is -0.405 e. The van der Waals surface area contributed by atoms with Crippen LogP contribution in [0.15, 0.2) is 24.9 Å². The average Bonchev–Trinajstić information content (AvgIpc) is 2.11. The maximum atomic E-state index is 4.61. The Labute approximate surface area is 77.4 Å². The zero-order chi connectivity index (χ0) is 9.82. The van der Waals surface area contributed by atoms with Crippen LogP contribution in [0.4, 0.5) is 0 Å². The summed E-state index contributed by atoms with van der Waals surface area (Å²) >= 11 is 0. The molecule has 1 saturated carbocycles. The van der Waals surface area contributed by atoms with Gasteiger partial charge in [0, 0.05) is 0 Å². The second-order valence-electron chi connectivity index (χ2n) is 2.55. The molecule has 1 rings (SSSR count). The molecule has 0 heterocycles. The number of rotatable bonds is 0. The van der Waals surface area contributed by atoms with Gasteiger partial charge in [0.05, 0.1) is 0 Å². The highest BCUT2D eigenvalue weighted by atomic mass is 14.5. The molecule has 0 radical (unpaired) electrons. The summed E-state index contributed by atoms with van der Waals surface area (Å²) in [6.07, 6.45) is 8.04. The van der Waals surface area contributed by atoms with Crippen LogP contribution < -0.4 is 5.73 Å². The smallest absolute Gasteiger partial charge is 0.0136 e. The molecule has 0 spiro atoms. The van der Waals surface area contributed by atoms with Crippen LogP contribution in [0.2, 0.25) is 0 Å². The lowest BCUT2D eigenvalue weighted by atomic mass is 9.97. The summed E-state index contributed by atoms with van der Waals surface area (Å²) in [5.74, 6) is 0. The van der Waals surface area contributed by atoms with Crippen molar-refractivity contribution >= 4 is 0 Å². The Hall–Kier alpha value is -0.720. The molecule has 1 aliphatic rings. The van der Waals surface area contributed by atoms with Crippen LogP contribution in [0.5, 0.6) is 0 Å². The lowest BCUT2D eigenvalue weighted by Crippen LogP contribution is -1.90. The second-order valence-corrected chi connectivity index (χ2v) is 2.55. The molecule has 1 fully saturated rings. The van der Waals surface area contributed by atoms with E-state index in [1.165, 1.54) is 43.9 Å². The van der Waals surface area contributed by atoms with Gasteiger partial charge in [-0.3, -0.25) is 0 Å². The van der Waals surface area contributed by atoms with Crippen molar-refractivity contribution in [3.05, 3.63) is 24.9 Å². The van der Waals surface area contributed by atoms with Crippen molar-refractivity contribution in [1.29, 1.82) is 0 Å². The maximum Gasteiger partial charge on any atom is -0.0136 e. The average molecular weight is 169 g/mol. The van der Waals surface area contributed by atoms with Gasteiger partial charge in [0.25, 0.3) is 0 Å². The van der Waals surface area contributed by atoms with E-state index in [9.17, 15) is 0 Å². The topological polar surface area (TPSA) is 26.0 Å². The van der Waals surface area contributed by atoms with E-state index in [2.05, 4.69) is 18.9 Å². The van der Waals surface area contributed by atoms with Crippen LogP contribution >= 0.6 is 0 Å². The molecule has 0 saturated heterocycles. The van der Waals surface area contributed by atoms with E-state index in [-0.39, 0.29) is 0 Å². The number of hydrogen-bond acceptors (Lipinski definition) is 1. The zero-order valence-electron chi connectivity index (χ0n) is 8.60. The third-order valence-corrected chi connectivity index (χ3v) is 1.56. The molecule has 0 aromatic heterocycles. The normalized spacial score (nSPS) is 14.7. The van der Waals surface area contributed by atoms with Crippen LogP contribution in [0.1, 0.15) is 46.0 Å². The molecule has 0 atom stereocenters. The van der Waals surface area contributed by atoms with Crippen LogP contribution in [0.25, 0.3) is 0 Å². The number of hydrogen-bond donors (Lipinski definition) is 1. The van der Waals surface area contributed by atoms with Crippen LogP contribution in [0, 0.1) is 0 Å². The molecule has 1 aliphatic carbocycles. The third-order valence-electron chi connectivity index (χ3n) is 1.56. The number of allylic oxidation sites excluding steroid dienone is 1. The quantitative estimate of drug-likeness (QED) is 0.551. The van der Waals surface area contributed by atoms with Gasteiger partial charge in [-0.2, -0.15) is 0 Å². The predicted octanol–water partition coefficient (Wildman–Crippen LogP) is 3.62. The van der Waals surface area contributed by atoms with Gasteiger partial charge in [-0.15, -0.1) is 0 Å². The summed E-state index contributed by atoms with van der Waals surface area (Å²) in [4.78, 5) is 0. The minimum atomic E-state index is 1.25. The molecule has 12 heavy (non-hydrogen) atoms. The first-order valence-corrected chi connectivity index (χ1v) is 4.80. The van der Waals surface area contributed by atoms with Gasteiger partial charge in [-0.05, 0) is 31.9 Å². The molecule has 2 N–H and O–H groups in total. The Morgan fingerprint density at radius 1 is 1.17 bits per heavy atom. The van der Waals surface area contributed by atoms with Gasteiger partial charge in [-0.25, -0.2) is 0 Å². The third kappa shape index (κ3) is 12.0. The standard InChI is InChI=1S/C7H12.C2H5N.C2H6/c1-7-5-3-2-4-6-7;1-2-3;1-2/h1-6H2;2H,1,3H2;1-2H3. The summed E-state index contributed by atoms with van der Waals surface area (Å²) in [5, 5.41) is 0. The first kappa shape index (κ1) is 13.8. The van der Waals surface area contributed by atoms with Gasteiger partial charge in [0.1, 0.15) is 0 Å². The molecule has 0 aliphatic heterocycles. The van der Waals surface area contributed by atoms with E-state index in [0.717, 1.165) is 0 Å². The minimum absolute atomic E-state index is 1.25. The molecule has 0 unspecified atom stereocenters. The molecule has 0 aromatic carbocycles. The molecule has 0 bridgehead atoms. The second kappa shape index (κ2) is 12.9. The van der Waals surface area contributed by atoms with Gasteiger partial charge in [-0.1, -0.05) is 39.0 Å². The van der Waals surface area contributed by atoms with E-state index in [4.69, 9.17) is 0 Å². The zero-order valence-corrected chi connectivity index (χ0v) is 8.60. The molecule has 0 aromatic rings. The van der Waals surface area contributed by atoms with Gasteiger partial charge in [0.15, 0.2) is 0 Å². The van der Waals surface area contributed by atoms with Crippen LogP contribution in [-0.4, -0.2) is 0 Å². The van der Waals surface area contributed by atoms with Crippen molar-refractivity contribution in [3.63, 3.8) is 0 Å². The van der Waals surface area contributed by atoms with E-state index < -0.39 is 0 Å². The van der Waals surface area contributed by atoms with Crippen molar-refractivity contribution in [2.24, 2.45) is 5.73 Å². The molecule has 72 valence electrons. The van der Waals surface area contributed by atoms with E-state index in [0.29, 0.717) is 0 Å². The van der Waals surface area contributed by atoms with Gasteiger partial charge >= 0.3 is 0 Å². The monoisotopic (exact) mass is 169 g/mol. The van der Waals surface area contributed by atoms with Crippen molar-refractivity contribution in [1.82, 2.24) is 0 Å². The lowest BCUT2D eigenvalue weighted by Gasteiger charge is -2.10. The summed E-state index contributed by atoms with van der Waals surface area (Å²) in [7, 11) is 0. The van der Waals surface area contributed by atoms with Crippen LogP contribution in [0.3, 0.4) is 0 Å². The SMILES string of the molecule is C=C1CCCCC1.C=CN.CC. The Bertz CT molecular complexity index is 97.6. The molecule has 0 amide bonds. The summed E-state index contributed by atoms with van der Waals surface area (Å²) in [6.45, 7) is 11.1. The maximum absolute atomic E-state index is 4.61. The first-order valence-electron chi connectivity index (χ1n) is 4.80. The van der Waals surface area contributed by atoms with E-state index in [1.54, 1.807) is 0 Å². The van der Waals surface area contributed by atoms with Crippen molar-refractivity contribution in [3.8, 4) is 0 Å². The Morgan fingerprint density at radius 3 is 1.67 bits per heavy atom.